The van der Waals surface area contributed by atoms with E-state index >= 15 is 0 Å². The van der Waals surface area contributed by atoms with Gasteiger partial charge in [-0.25, -0.2) is 22.3 Å². The van der Waals surface area contributed by atoms with Gasteiger partial charge in [0.05, 0.1) is 16.6 Å². The highest BCUT2D eigenvalue weighted by atomic mass is 32.2. The summed E-state index contributed by atoms with van der Waals surface area (Å²) < 4.78 is 44.7. The number of carboxylic acids is 1. The Kier molecular flexibility index (Phi) is 6.25. The van der Waals surface area contributed by atoms with E-state index in [1.165, 1.54) is 0 Å². The summed E-state index contributed by atoms with van der Waals surface area (Å²) in [6, 6.07) is 2.64. The molecule has 0 saturated carbocycles. The molecule has 0 aliphatic rings. The normalized spacial score (nSPS) is 11.8. The maximum Gasteiger partial charge on any atom is 0.338 e. The van der Waals surface area contributed by atoms with Crippen molar-refractivity contribution in [2.75, 3.05) is 13.2 Å². The highest BCUT2D eigenvalue weighted by molar-refractivity contribution is 7.89. The first kappa shape index (κ1) is 17.5. The lowest BCUT2D eigenvalue weighted by Gasteiger charge is -2.09. The van der Waals surface area contributed by atoms with Crippen molar-refractivity contribution >= 4 is 16.0 Å². The van der Waals surface area contributed by atoms with Crippen molar-refractivity contribution in [2.45, 2.75) is 31.3 Å². The summed E-state index contributed by atoms with van der Waals surface area (Å²) in [6.45, 7) is 4.30. The topological polar surface area (TPSA) is 92.7 Å². The van der Waals surface area contributed by atoms with Gasteiger partial charge < -0.3 is 9.84 Å². The van der Waals surface area contributed by atoms with Crippen LogP contribution in [0.2, 0.25) is 0 Å². The predicted octanol–water partition coefficient (Wildman–Crippen LogP) is 1.62. The number of hydrogen-bond donors (Lipinski definition) is 2. The van der Waals surface area contributed by atoms with Crippen LogP contribution in [0.5, 0.6) is 0 Å². The Balaban J connectivity index is 2.70. The molecule has 1 rings (SSSR count). The molecule has 6 nitrogen and oxygen atoms in total. The van der Waals surface area contributed by atoms with Gasteiger partial charge in [0, 0.05) is 13.2 Å². The van der Waals surface area contributed by atoms with Gasteiger partial charge in [-0.3, -0.25) is 0 Å². The molecule has 0 aromatic heterocycles. The van der Waals surface area contributed by atoms with Crippen LogP contribution in [0.3, 0.4) is 0 Å². The second-order valence-electron chi connectivity index (χ2n) is 4.62. The first-order chi connectivity index (χ1) is 9.74. The SMILES string of the molecule is CC(C)OCCCNS(=O)(=O)c1ccc(F)c(C(=O)O)c1. The number of hydrogen-bond acceptors (Lipinski definition) is 4. The van der Waals surface area contributed by atoms with Crippen LogP contribution in [-0.4, -0.2) is 38.7 Å². The zero-order valence-corrected chi connectivity index (χ0v) is 12.6. The van der Waals surface area contributed by atoms with Crippen LogP contribution in [0.15, 0.2) is 23.1 Å². The van der Waals surface area contributed by atoms with E-state index in [1.807, 2.05) is 13.8 Å². The van der Waals surface area contributed by atoms with E-state index in [0.29, 0.717) is 13.0 Å². The van der Waals surface area contributed by atoms with Crippen LogP contribution < -0.4 is 4.72 Å². The lowest BCUT2D eigenvalue weighted by Crippen LogP contribution is -2.26. The number of carbonyl (C=O) groups is 1. The van der Waals surface area contributed by atoms with Crippen LogP contribution in [0, 0.1) is 5.82 Å². The van der Waals surface area contributed by atoms with Gasteiger partial charge in [-0.05, 0) is 38.5 Å². The van der Waals surface area contributed by atoms with Gasteiger partial charge in [0.1, 0.15) is 5.82 Å². The van der Waals surface area contributed by atoms with E-state index in [-0.39, 0.29) is 17.5 Å². The molecule has 8 heteroatoms. The smallest absolute Gasteiger partial charge is 0.338 e. The van der Waals surface area contributed by atoms with Crippen LogP contribution >= 0.6 is 0 Å². The third kappa shape index (κ3) is 5.41. The quantitative estimate of drug-likeness (QED) is 0.710. The lowest BCUT2D eigenvalue weighted by atomic mass is 10.2. The summed E-state index contributed by atoms with van der Waals surface area (Å²) >= 11 is 0. The number of nitrogens with one attached hydrogen (secondary N) is 1. The van der Waals surface area contributed by atoms with Crippen molar-refractivity contribution in [1.82, 2.24) is 4.72 Å². The molecule has 0 amide bonds. The van der Waals surface area contributed by atoms with Crippen LogP contribution in [0.25, 0.3) is 0 Å². The first-order valence-electron chi connectivity index (χ1n) is 6.38. The van der Waals surface area contributed by atoms with Crippen LogP contribution in [0.1, 0.15) is 30.6 Å². The standard InChI is InChI=1S/C13H18FNO5S/c1-9(2)20-7-3-6-15-21(18,19)10-4-5-12(14)11(8-10)13(16)17/h4-5,8-9,15H,3,6-7H2,1-2H3,(H,16,17). The Labute approximate surface area is 123 Å². The molecule has 0 spiro atoms. The van der Waals surface area contributed by atoms with Gasteiger partial charge in [0.25, 0.3) is 0 Å². The molecule has 0 radical (unpaired) electrons. The third-order valence-electron chi connectivity index (χ3n) is 2.54. The zero-order valence-electron chi connectivity index (χ0n) is 11.8. The van der Waals surface area contributed by atoms with Crippen molar-refractivity contribution in [3.8, 4) is 0 Å². The summed E-state index contributed by atoms with van der Waals surface area (Å²) in [5.74, 6) is -2.50. The Morgan fingerprint density at radius 1 is 1.43 bits per heavy atom. The molecule has 1 aromatic carbocycles. The molecular weight excluding hydrogens is 301 g/mol. The van der Waals surface area contributed by atoms with Gasteiger partial charge in [0.15, 0.2) is 0 Å². The highest BCUT2D eigenvalue weighted by Crippen LogP contribution is 2.15. The fourth-order valence-electron chi connectivity index (χ4n) is 1.52. The largest absolute Gasteiger partial charge is 0.478 e. The summed E-state index contributed by atoms with van der Waals surface area (Å²) in [5, 5.41) is 8.78. The number of aromatic carboxylic acids is 1. The zero-order chi connectivity index (χ0) is 16.0. The second-order valence-corrected chi connectivity index (χ2v) is 6.38. The number of rotatable bonds is 8. The average Bonchev–Trinajstić information content (AvgIpc) is 2.37. The van der Waals surface area contributed by atoms with Crippen molar-refractivity contribution in [2.24, 2.45) is 0 Å². The van der Waals surface area contributed by atoms with Crippen LogP contribution in [-0.2, 0) is 14.8 Å². The molecule has 0 aliphatic heterocycles. The average molecular weight is 319 g/mol. The molecule has 1 aromatic rings. The number of ether oxygens (including phenoxy) is 1. The minimum atomic E-state index is -3.87. The van der Waals surface area contributed by atoms with Crippen LogP contribution in [0.4, 0.5) is 4.39 Å². The van der Waals surface area contributed by atoms with Gasteiger partial charge in [-0.1, -0.05) is 0 Å². The molecule has 0 aliphatic carbocycles. The summed E-state index contributed by atoms with van der Waals surface area (Å²) in [5.41, 5.74) is -0.680. The minimum Gasteiger partial charge on any atom is -0.478 e. The fourth-order valence-corrected chi connectivity index (χ4v) is 2.62. The van der Waals surface area contributed by atoms with E-state index in [4.69, 9.17) is 9.84 Å². The maximum absolute atomic E-state index is 13.2. The summed E-state index contributed by atoms with van der Waals surface area (Å²) in [6.07, 6.45) is 0.543. The molecule has 0 saturated heterocycles. The summed E-state index contributed by atoms with van der Waals surface area (Å²) in [4.78, 5) is 10.5. The Morgan fingerprint density at radius 3 is 2.67 bits per heavy atom. The van der Waals surface area contributed by atoms with E-state index in [1.54, 1.807) is 0 Å². The highest BCUT2D eigenvalue weighted by Gasteiger charge is 2.18. The molecule has 2 N–H and O–H groups in total. The van der Waals surface area contributed by atoms with E-state index < -0.39 is 27.4 Å². The Hall–Kier alpha value is -1.51. The number of halogens is 1. The van der Waals surface area contributed by atoms with Gasteiger partial charge in [0.2, 0.25) is 10.0 Å². The molecule has 0 fully saturated rings. The van der Waals surface area contributed by atoms with E-state index in [9.17, 15) is 17.6 Å². The van der Waals surface area contributed by atoms with Crippen molar-refractivity contribution < 1.29 is 27.4 Å². The minimum absolute atomic E-state index is 0.0665. The summed E-state index contributed by atoms with van der Waals surface area (Å²) in [7, 11) is -3.87. The number of benzene rings is 1. The fraction of sp³-hybridized carbons (Fsp3) is 0.462. The molecule has 0 unspecified atom stereocenters. The number of carboxylic acid groups (broad SMARTS) is 1. The van der Waals surface area contributed by atoms with Gasteiger partial charge >= 0.3 is 5.97 Å². The lowest BCUT2D eigenvalue weighted by molar-refractivity contribution is 0.0691. The molecule has 0 atom stereocenters. The monoisotopic (exact) mass is 319 g/mol. The molecule has 0 bridgehead atoms. The maximum atomic E-state index is 13.2. The van der Waals surface area contributed by atoms with Crippen molar-refractivity contribution in [3.05, 3.63) is 29.6 Å². The third-order valence-corrected chi connectivity index (χ3v) is 4.00. The first-order valence-corrected chi connectivity index (χ1v) is 7.86. The van der Waals surface area contributed by atoms with Crippen molar-refractivity contribution in [1.29, 1.82) is 0 Å². The number of sulfonamides is 1. The Bertz CT molecular complexity index is 601. The van der Waals surface area contributed by atoms with Crippen molar-refractivity contribution in [3.63, 3.8) is 0 Å². The van der Waals surface area contributed by atoms with Gasteiger partial charge in [-0.2, -0.15) is 0 Å². The molecule has 21 heavy (non-hydrogen) atoms. The molecule has 118 valence electrons. The van der Waals surface area contributed by atoms with Gasteiger partial charge in [-0.15, -0.1) is 0 Å². The van der Waals surface area contributed by atoms with E-state index in [0.717, 1.165) is 18.2 Å². The second kappa shape index (κ2) is 7.48. The molecule has 0 heterocycles. The Morgan fingerprint density at radius 2 is 2.10 bits per heavy atom. The van der Waals surface area contributed by atoms with E-state index in [2.05, 4.69) is 4.72 Å². The molecular formula is C13H18FNO5S. The predicted molar refractivity (Wildman–Crippen MR) is 74.3 cm³/mol.